The average Bonchev–Trinajstić information content (AvgIpc) is 2.65. The van der Waals surface area contributed by atoms with Crippen LogP contribution in [-0.2, 0) is 6.54 Å². The van der Waals surface area contributed by atoms with Gasteiger partial charge in [0.1, 0.15) is 5.69 Å². The first-order chi connectivity index (χ1) is 6.36. The van der Waals surface area contributed by atoms with Gasteiger partial charge in [-0.15, -0.1) is 9.36 Å². The number of rotatable bonds is 0. The van der Waals surface area contributed by atoms with Crippen LogP contribution in [-0.4, -0.2) is 4.68 Å². The average molecular weight is 171 g/mol. The third kappa shape index (κ3) is 0.800. The highest BCUT2D eigenvalue weighted by molar-refractivity contribution is 5.45. The second kappa shape index (κ2) is 2.22. The van der Waals surface area contributed by atoms with Crippen LogP contribution in [0.3, 0.4) is 0 Å². The Bertz CT molecular complexity index is 469. The van der Waals surface area contributed by atoms with Crippen LogP contribution < -0.4 is 4.68 Å². The predicted octanol–water partition coefficient (Wildman–Crippen LogP) is 1.43. The van der Waals surface area contributed by atoms with Gasteiger partial charge in [-0.2, -0.15) is 0 Å². The molecule has 0 saturated heterocycles. The Morgan fingerprint density at radius 2 is 2.23 bits per heavy atom. The van der Waals surface area contributed by atoms with E-state index in [2.05, 4.69) is 52.9 Å². The van der Waals surface area contributed by atoms with Crippen LogP contribution in [0.5, 0.6) is 0 Å². The fourth-order valence-electron chi connectivity index (χ4n) is 1.99. The van der Waals surface area contributed by atoms with E-state index >= 15 is 0 Å². The van der Waals surface area contributed by atoms with E-state index in [0.29, 0.717) is 0 Å². The number of benzene rings is 1. The molecular formula is C11H11N2+. The van der Waals surface area contributed by atoms with E-state index < -0.39 is 0 Å². The molecule has 0 saturated carbocycles. The zero-order chi connectivity index (χ0) is 8.84. The fraction of sp³-hybridized carbons (Fsp3) is 0.182. The Labute approximate surface area is 77.0 Å². The van der Waals surface area contributed by atoms with Gasteiger partial charge in [0.2, 0.25) is 0 Å². The molecule has 0 amide bonds. The zero-order valence-electron chi connectivity index (χ0n) is 7.57. The van der Waals surface area contributed by atoms with Crippen molar-refractivity contribution >= 4 is 0 Å². The van der Waals surface area contributed by atoms with Crippen LogP contribution in [0.1, 0.15) is 11.1 Å². The molecule has 0 spiro atoms. The number of fused-ring (bicyclic) bond motifs is 3. The lowest BCUT2D eigenvalue weighted by Gasteiger charge is -1.97. The van der Waals surface area contributed by atoms with Crippen molar-refractivity contribution in [1.82, 2.24) is 4.68 Å². The molecule has 0 atom stereocenters. The van der Waals surface area contributed by atoms with Gasteiger partial charge < -0.3 is 0 Å². The van der Waals surface area contributed by atoms with E-state index in [0.717, 1.165) is 6.54 Å². The number of aryl methyl sites for hydroxylation is 1. The Kier molecular flexibility index (Phi) is 1.18. The number of hydrogen-bond donors (Lipinski definition) is 0. The van der Waals surface area contributed by atoms with Gasteiger partial charge in [0, 0.05) is 6.07 Å². The highest BCUT2D eigenvalue weighted by Crippen LogP contribution is 2.20. The van der Waals surface area contributed by atoms with Crippen molar-refractivity contribution in [3.8, 4) is 5.69 Å². The summed E-state index contributed by atoms with van der Waals surface area (Å²) in [5, 5.41) is 0. The first kappa shape index (κ1) is 6.89. The summed E-state index contributed by atoms with van der Waals surface area (Å²) in [6, 6.07) is 8.53. The minimum Gasteiger partial charge on any atom is -0.128 e. The van der Waals surface area contributed by atoms with E-state index in [1.165, 1.54) is 16.8 Å². The molecule has 1 aliphatic rings. The minimum atomic E-state index is 1.01. The molecular weight excluding hydrogens is 160 g/mol. The summed E-state index contributed by atoms with van der Waals surface area (Å²) >= 11 is 0. The van der Waals surface area contributed by atoms with Gasteiger partial charge >= 0.3 is 0 Å². The third-order valence-corrected chi connectivity index (χ3v) is 2.71. The van der Waals surface area contributed by atoms with Crippen LogP contribution in [0.25, 0.3) is 5.69 Å². The Morgan fingerprint density at radius 3 is 3.15 bits per heavy atom. The normalized spacial score (nSPS) is 12.7. The smallest absolute Gasteiger partial charge is 0.128 e. The molecule has 1 aliphatic heterocycles. The quantitative estimate of drug-likeness (QED) is 0.452. The molecule has 13 heavy (non-hydrogen) atoms. The molecule has 64 valence electrons. The molecule has 1 aromatic heterocycles. The highest BCUT2D eigenvalue weighted by atomic mass is 15.4. The van der Waals surface area contributed by atoms with Crippen molar-refractivity contribution in [1.29, 1.82) is 0 Å². The lowest BCUT2D eigenvalue weighted by atomic mass is 10.1. The maximum Gasteiger partial charge on any atom is 0.200 e. The van der Waals surface area contributed by atoms with E-state index in [1.807, 2.05) is 0 Å². The summed E-state index contributed by atoms with van der Waals surface area (Å²) in [6.07, 6.45) is 4.21. The minimum absolute atomic E-state index is 1.01. The molecule has 0 N–H and O–H groups in total. The Hall–Kier alpha value is -1.57. The SMILES string of the molecule is Cc1cccc2c1C[n+]1cccn1-2. The molecule has 2 heteroatoms. The molecule has 1 aromatic carbocycles. The van der Waals surface area contributed by atoms with Crippen molar-refractivity contribution in [2.45, 2.75) is 13.5 Å². The van der Waals surface area contributed by atoms with Crippen LogP contribution in [0.2, 0.25) is 0 Å². The van der Waals surface area contributed by atoms with Gasteiger partial charge in [0.25, 0.3) is 0 Å². The van der Waals surface area contributed by atoms with Gasteiger partial charge in [0.05, 0.1) is 11.8 Å². The topological polar surface area (TPSA) is 8.81 Å². The number of nitrogens with zero attached hydrogens (tertiary/aromatic N) is 2. The fourth-order valence-corrected chi connectivity index (χ4v) is 1.99. The van der Waals surface area contributed by atoms with Crippen molar-refractivity contribution < 1.29 is 4.68 Å². The van der Waals surface area contributed by atoms with Crippen molar-refractivity contribution in [3.05, 3.63) is 47.8 Å². The summed E-state index contributed by atoms with van der Waals surface area (Å²) in [6.45, 7) is 3.18. The molecule has 2 nitrogen and oxygen atoms in total. The number of hydrogen-bond acceptors (Lipinski definition) is 0. The predicted molar refractivity (Wildman–Crippen MR) is 49.8 cm³/mol. The molecule has 0 unspecified atom stereocenters. The summed E-state index contributed by atoms with van der Waals surface area (Å²) in [5.74, 6) is 0. The molecule has 0 aliphatic carbocycles. The lowest BCUT2D eigenvalue weighted by Crippen LogP contribution is -2.36. The molecule has 0 radical (unpaired) electrons. The lowest BCUT2D eigenvalue weighted by molar-refractivity contribution is -0.751. The van der Waals surface area contributed by atoms with Crippen LogP contribution in [0, 0.1) is 6.92 Å². The van der Waals surface area contributed by atoms with Crippen LogP contribution >= 0.6 is 0 Å². The van der Waals surface area contributed by atoms with Crippen LogP contribution in [0.15, 0.2) is 36.7 Å². The summed E-state index contributed by atoms with van der Waals surface area (Å²) in [7, 11) is 0. The molecule has 2 heterocycles. The van der Waals surface area contributed by atoms with Gasteiger partial charge in [-0.05, 0) is 18.6 Å². The zero-order valence-corrected chi connectivity index (χ0v) is 7.57. The first-order valence-electron chi connectivity index (χ1n) is 4.52. The summed E-state index contributed by atoms with van der Waals surface area (Å²) < 4.78 is 4.42. The van der Waals surface area contributed by atoms with E-state index in [-0.39, 0.29) is 0 Å². The highest BCUT2D eigenvalue weighted by Gasteiger charge is 2.24. The largest absolute Gasteiger partial charge is 0.200 e. The molecule has 3 rings (SSSR count). The van der Waals surface area contributed by atoms with Gasteiger partial charge in [-0.25, -0.2) is 0 Å². The van der Waals surface area contributed by atoms with E-state index in [4.69, 9.17) is 0 Å². The van der Waals surface area contributed by atoms with Crippen LogP contribution in [0.4, 0.5) is 0 Å². The third-order valence-electron chi connectivity index (χ3n) is 2.71. The number of aromatic nitrogens is 2. The summed E-state index contributed by atoms with van der Waals surface area (Å²) in [4.78, 5) is 0. The molecule has 2 aromatic rings. The molecule has 0 bridgehead atoms. The van der Waals surface area contributed by atoms with Crippen molar-refractivity contribution in [2.24, 2.45) is 0 Å². The van der Waals surface area contributed by atoms with E-state index in [1.54, 1.807) is 0 Å². The van der Waals surface area contributed by atoms with Crippen molar-refractivity contribution in [3.63, 3.8) is 0 Å². The Morgan fingerprint density at radius 1 is 1.31 bits per heavy atom. The van der Waals surface area contributed by atoms with E-state index in [9.17, 15) is 0 Å². The Balaban J connectivity index is 2.34. The van der Waals surface area contributed by atoms with Gasteiger partial charge in [-0.3, -0.25) is 0 Å². The maximum absolute atomic E-state index is 2.22. The van der Waals surface area contributed by atoms with Gasteiger partial charge in [0.15, 0.2) is 12.7 Å². The first-order valence-corrected chi connectivity index (χ1v) is 4.52. The van der Waals surface area contributed by atoms with Crippen molar-refractivity contribution in [2.75, 3.05) is 0 Å². The van der Waals surface area contributed by atoms with Gasteiger partial charge in [-0.1, -0.05) is 12.1 Å². The maximum atomic E-state index is 2.22. The molecule has 0 fully saturated rings. The second-order valence-electron chi connectivity index (χ2n) is 3.51. The monoisotopic (exact) mass is 171 g/mol. The summed E-state index contributed by atoms with van der Waals surface area (Å²) in [5.41, 5.74) is 4.15. The standard InChI is InChI=1S/C11H11N2/c1-9-4-2-5-11-10(9)8-12-6-3-7-13(11)12/h2-7H,8H2,1H3/q+1. The second-order valence-corrected chi connectivity index (χ2v) is 3.51.